The Bertz CT molecular complexity index is 494. The molecule has 122 valence electrons. The fraction of sp³-hybridized carbons (Fsp3) is 0.500. The topological polar surface area (TPSA) is 228 Å². The molecule has 21 heavy (non-hydrogen) atoms. The molecule has 0 unspecified atom stereocenters. The Hall–Kier alpha value is -2.25. The van der Waals surface area contributed by atoms with Gasteiger partial charge in [0.15, 0.2) is 0 Å². The van der Waals surface area contributed by atoms with Gasteiger partial charge in [-0.15, -0.1) is 10.2 Å². The minimum absolute atomic E-state index is 0.107. The Balaban J connectivity index is 0. The Morgan fingerprint density at radius 3 is 1.90 bits per heavy atom. The molecule has 0 aromatic heterocycles. The molecule has 12 nitrogen and oxygen atoms in total. The highest BCUT2D eigenvalue weighted by Gasteiger charge is 1.95. The fourth-order valence-corrected chi connectivity index (χ4v) is 0.782. The van der Waals surface area contributed by atoms with Crippen LogP contribution in [0.1, 0.15) is 26.2 Å². The van der Waals surface area contributed by atoms with Gasteiger partial charge in [-0.2, -0.15) is 18.6 Å². The van der Waals surface area contributed by atoms with Crippen molar-refractivity contribution in [2.45, 2.75) is 26.2 Å². The van der Waals surface area contributed by atoms with Crippen molar-refractivity contribution in [1.82, 2.24) is 0 Å². The maximum atomic E-state index is 8.74. The summed E-state index contributed by atoms with van der Waals surface area (Å²) in [6.45, 7) is 2.06. The monoisotopic (exact) mass is 324 g/mol. The second-order valence-corrected chi connectivity index (χ2v) is 4.33. The Morgan fingerprint density at radius 2 is 1.52 bits per heavy atom. The molecule has 0 radical (unpaired) electrons. The van der Waals surface area contributed by atoms with Crippen molar-refractivity contribution in [3.8, 4) is 0 Å². The molecule has 0 spiro atoms. The third-order valence-electron chi connectivity index (χ3n) is 1.46. The van der Waals surface area contributed by atoms with Crippen molar-refractivity contribution in [2.24, 2.45) is 43.3 Å². The normalized spacial score (nSPS) is 11.5. The highest BCUT2D eigenvalue weighted by molar-refractivity contribution is 7.79. The summed E-state index contributed by atoms with van der Waals surface area (Å²) in [5, 5.41) is 14.4. The van der Waals surface area contributed by atoms with E-state index in [-0.39, 0.29) is 11.9 Å². The molecule has 0 fully saturated rings. The van der Waals surface area contributed by atoms with E-state index >= 15 is 0 Å². The van der Waals surface area contributed by atoms with Crippen molar-refractivity contribution < 1.29 is 17.5 Å². The van der Waals surface area contributed by atoms with Gasteiger partial charge in [0, 0.05) is 0 Å². The standard InChI is InChI=1S/C8H18N8.H2O4S/c1-2-3-4-6(14-16-8(11)12)5-13-15-7(9)10;1-5(2,3)4/h5H,2-4H2,1H3,(H4,9,10,15)(H4,11,12,16);(H2,1,2,3,4)/b13-5+,14-6-;. The smallest absolute Gasteiger partial charge is 0.369 e. The molecule has 0 aliphatic carbocycles. The Kier molecular flexibility index (Phi) is 11.6. The molecule has 13 heteroatoms. The van der Waals surface area contributed by atoms with Crippen LogP contribution in [-0.4, -0.2) is 41.4 Å². The number of unbranched alkanes of at least 4 members (excludes halogenated alkanes) is 1. The van der Waals surface area contributed by atoms with Crippen LogP contribution in [0.15, 0.2) is 20.4 Å². The molecule has 0 amide bonds. The van der Waals surface area contributed by atoms with E-state index in [2.05, 4.69) is 27.3 Å². The van der Waals surface area contributed by atoms with E-state index in [1.807, 2.05) is 0 Å². The maximum absolute atomic E-state index is 8.74. The van der Waals surface area contributed by atoms with Crippen LogP contribution in [0.3, 0.4) is 0 Å². The van der Waals surface area contributed by atoms with Gasteiger partial charge in [-0.25, -0.2) is 0 Å². The molecule has 10 N–H and O–H groups in total. The van der Waals surface area contributed by atoms with Crippen LogP contribution in [0.5, 0.6) is 0 Å². The lowest BCUT2D eigenvalue weighted by molar-refractivity contribution is 0.381. The number of hydrogen-bond acceptors (Lipinski definition) is 6. The predicted octanol–water partition coefficient (Wildman–Crippen LogP) is -1.59. The minimum Gasteiger partial charge on any atom is -0.369 e. The quantitative estimate of drug-likeness (QED) is 0.144. The zero-order chi connectivity index (χ0) is 16.9. The zero-order valence-electron chi connectivity index (χ0n) is 11.4. The van der Waals surface area contributed by atoms with Crippen LogP contribution in [0.25, 0.3) is 0 Å². The number of hydrogen-bond donors (Lipinski definition) is 6. The lowest BCUT2D eigenvalue weighted by Crippen LogP contribution is -2.22. The molecule has 0 bridgehead atoms. The van der Waals surface area contributed by atoms with Gasteiger partial charge in [0.1, 0.15) is 0 Å². The average Bonchev–Trinajstić information content (AvgIpc) is 2.29. The number of rotatable bonds is 6. The van der Waals surface area contributed by atoms with Crippen LogP contribution in [0.4, 0.5) is 0 Å². The minimum atomic E-state index is -4.67. The van der Waals surface area contributed by atoms with E-state index < -0.39 is 10.4 Å². The van der Waals surface area contributed by atoms with Gasteiger partial charge in [0.2, 0.25) is 11.9 Å². The van der Waals surface area contributed by atoms with E-state index in [0.717, 1.165) is 12.8 Å². The first-order valence-corrected chi connectivity index (χ1v) is 6.93. The van der Waals surface area contributed by atoms with E-state index in [1.165, 1.54) is 6.21 Å². The number of nitrogens with zero attached hydrogens (tertiary/aromatic N) is 4. The largest absolute Gasteiger partial charge is 0.394 e. The zero-order valence-corrected chi connectivity index (χ0v) is 12.2. The summed E-state index contributed by atoms with van der Waals surface area (Å²) in [5.41, 5.74) is 21.1. The molecule has 0 aromatic carbocycles. The van der Waals surface area contributed by atoms with Crippen LogP contribution in [0.2, 0.25) is 0 Å². The second kappa shape index (κ2) is 11.6. The molecule has 0 saturated heterocycles. The summed E-state index contributed by atoms with van der Waals surface area (Å²) in [4.78, 5) is 0. The summed E-state index contributed by atoms with van der Waals surface area (Å²) in [5.74, 6) is -0.225. The summed E-state index contributed by atoms with van der Waals surface area (Å²) in [6, 6.07) is 0. The van der Waals surface area contributed by atoms with Crippen molar-refractivity contribution in [2.75, 3.05) is 0 Å². The highest BCUT2D eigenvalue weighted by Crippen LogP contribution is 1.96. The van der Waals surface area contributed by atoms with E-state index in [4.69, 9.17) is 40.5 Å². The van der Waals surface area contributed by atoms with Crippen LogP contribution >= 0.6 is 0 Å². The van der Waals surface area contributed by atoms with Crippen molar-refractivity contribution >= 4 is 34.2 Å². The summed E-state index contributed by atoms with van der Waals surface area (Å²) < 4.78 is 31.6. The van der Waals surface area contributed by atoms with Gasteiger partial charge in [-0.3, -0.25) is 9.11 Å². The van der Waals surface area contributed by atoms with E-state index in [0.29, 0.717) is 12.1 Å². The fourth-order valence-electron chi connectivity index (χ4n) is 0.782. The number of nitrogens with two attached hydrogens (primary N) is 4. The molecule has 0 aromatic rings. The molecular weight excluding hydrogens is 304 g/mol. The maximum Gasteiger partial charge on any atom is 0.394 e. The van der Waals surface area contributed by atoms with E-state index in [1.54, 1.807) is 0 Å². The summed E-state index contributed by atoms with van der Waals surface area (Å²) in [7, 11) is -4.67. The third-order valence-corrected chi connectivity index (χ3v) is 1.46. The second-order valence-electron chi connectivity index (χ2n) is 3.44. The van der Waals surface area contributed by atoms with E-state index in [9.17, 15) is 0 Å². The van der Waals surface area contributed by atoms with Gasteiger partial charge in [0.05, 0.1) is 11.9 Å². The lowest BCUT2D eigenvalue weighted by Gasteiger charge is -1.96. The van der Waals surface area contributed by atoms with Gasteiger partial charge in [0.25, 0.3) is 0 Å². The molecule has 0 aliphatic heterocycles. The van der Waals surface area contributed by atoms with Crippen molar-refractivity contribution in [3.05, 3.63) is 0 Å². The molecule has 0 aliphatic rings. The SMILES string of the molecule is CCCCC(/C=N/N=C(N)N)=N/N=C(N)N.O=S(=O)(O)O. The molecule has 0 atom stereocenters. The average molecular weight is 324 g/mol. The molecular formula is C8H20N8O4S. The first kappa shape index (κ1) is 21.1. The first-order chi connectivity index (χ1) is 9.56. The highest BCUT2D eigenvalue weighted by atomic mass is 32.3. The van der Waals surface area contributed by atoms with Crippen LogP contribution in [0, 0.1) is 0 Å². The molecule has 0 rings (SSSR count). The Morgan fingerprint density at radius 1 is 1.05 bits per heavy atom. The van der Waals surface area contributed by atoms with Crippen molar-refractivity contribution in [3.63, 3.8) is 0 Å². The van der Waals surface area contributed by atoms with Crippen LogP contribution < -0.4 is 22.9 Å². The van der Waals surface area contributed by atoms with Gasteiger partial charge in [-0.1, -0.05) is 13.3 Å². The molecule has 0 heterocycles. The van der Waals surface area contributed by atoms with Crippen LogP contribution in [-0.2, 0) is 10.4 Å². The number of guanidine groups is 2. The first-order valence-electron chi connectivity index (χ1n) is 5.53. The predicted molar refractivity (Wildman–Crippen MR) is 81.2 cm³/mol. The molecule has 0 saturated carbocycles. The van der Waals surface area contributed by atoms with Gasteiger partial charge >= 0.3 is 10.4 Å². The Labute approximate surface area is 122 Å². The van der Waals surface area contributed by atoms with Gasteiger partial charge < -0.3 is 22.9 Å². The van der Waals surface area contributed by atoms with Crippen molar-refractivity contribution in [1.29, 1.82) is 0 Å². The summed E-state index contributed by atoms with van der Waals surface area (Å²) in [6.07, 6.45) is 4.10. The third kappa shape index (κ3) is 27.1. The lowest BCUT2D eigenvalue weighted by atomic mass is 10.2. The summed E-state index contributed by atoms with van der Waals surface area (Å²) >= 11 is 0. The van der Waals surface area contributed by atoms with Gasteiger partial charge in [-0.05, 0) is 12.8 Å².